The molecule has 3 saturated heterocycles. The summed E-state index contributed by atoms with van der Waals surface area (Å²) in [5, 5.41) is 0. The highest BCUT2D eigenvalue weighted by Crippen LogP contribution is 2.65. The van der Waals surface area contributed by atoms with Crippen molar-refractivity contribution in [3.05, 3.63) is 66.6 Å². The Hall–Kier alpha value is -3.64. The molecule has 0 bridgehead atoms. The van der Waals surface area contributed by atoms with Crippen molar-refractivity contribution in [1.82, 2.24) is 34.1 Å². The van der Waals surface area contributed by atoms with Gasteiger partial charge in [-0.3, -0.25) is 22.7 Å². The smallest absolute Gasteiger partial charge is 0.389 e. The molecule has 10 atom stereocenters. The topological polar surface area (TPSA) is 244 Å². The maximum Gasteiger partial charge on any atom is 0.389 e. The third kappa shape index (κ3) is 9.80. The van der Waals surface area contributed by atoms with E-state index in [0.29, 0.717) is 50.8 Å². The van der Waals surface area contributed by atoms with Gasteiger partial charge in [-0.2, -0.15) is 0 Å². The minimum Gasteiger partial charge on any atom is -0.397 e. The normalized spacial score (nSPS) is 30.9. The van der Waals surface area contributed by atoms with Crippen molar-refractivity contribution < 1.29 is 59.7 Å². The molecule has 20 nitrogen and oxygen atoms in total. The lowest BCUT2D eigenvalue weighted by molar-refractivity contribution is -0.0546. The molecule has 0 unspecified atom stereocenters. The molecular formula is C35H44BF2N9O11P2S. The standard InChI is InChI=1S/C35H44BF2N9O11P2S/c1-2-50-9-10-51-11-12-52-13-20-3-5-21(6-4-20)16-61-60(49)54-15-24-29(25(37)34(56-24)47-19-45-28-31(40)42-17-43-33(28)47)57-59(36,48)53-14-23-30(58-60)26(38)35(55-23)46-18-44-27-22(39)7-8-41-32(27)46/h3-8,17-19,23-26,29-30,34-35H,2,9-16,36H2,1H3,(H2,39,41)(H2,40,42,43)/t23-,24-,25-,26-,29-,30-,34-,35-,59+,60-/m1/s1. The lowest BCUT2D eigenvalue weighted by Crippen LogP contribution is -2.37. The lowest BCUT2D eigenvalue weighted by Gasteiger charge is -2.30. The summed E-state index contributed by atoms with van der Waals surface area (Å²) < 4.78 is 117. The molecular weight excluding hydrogens is 865 g/mol. The summed E-state index contributed by atoms with van der Waals surface area (Å²) in [6.07, 6.45) is -7.51. The average molecular weight is 910 g/mol. The van der Waals surface area contributed by atoms with Gasteiger partial charge in [-0.25, -0.2) is 38.3 Å². The highest BCUT2D eigenvalue weighted by molar-refractivity contribution is 8.54. The summed E-state index contributed by atoms with van der Waals surface area (Å²) in [6.45, 7) is -0.882. The summed E-state index contributed by atoms with van der Waals surface area (Å²) >= 11 is 0.784. The Balaban J connectivity index is 1.03. The molecule has 3 aliphatic heterocycles. The Bertz CT molecular complexity index is 2390. The second kappa shape index (κ2) is 19.0. The zero-order valence-electron chi connectivity index (χ0n) is 33.0. The molecule has 3 fully saturated rings. The molecule has 26 heteroatoms. The zero-order chi connectivity index (χ0) is 42.7. The van der Waals surface area contributed by atoms with E-state index in [-0.39, 0.29) is 28.4 Å². The van der Waals surface area contributed by atoms with Gasteiger partial charge in [-0.15, -0.1) is 0 Å². The molecule has 0 saturated carbocycles. The van der Waals surface area contributed by atoms with Crippen LogP contribution in [0.3, 0.4) is 0 Å². The summed E-state index contributed by atoms with van der Waals surface area (Å²) in [6, 6.07) is 8.92. The molecule has 328 valence electrons. The maximum atomic E-state index is 16.8. The first kappa shape index (κ1) is 44.0. The molecule has 0 radical (unpaired) electrons. The van der Waals surface area contributed by atoms with Crippen LogP contribution in [-0.2, 0) is 63.3 Å². The number of nitrogens with two attached hydrogens (primary N) is 2. The van der Waals surface area contributed by atoms with Gasteiger partial charge in [0.2, 0.25) is 0 Å². The van der Waals surface area contributed by atoms with Crippen molar-refractivity contribution >= 4 is 67.1 Å². The molecule has 4 aromatic heterocycles. The summed E-state index contributed by atoms with van der Waals surface area (Å²) in [4.78, 5) is 20.9. The largest absolute Gasteiger partial charge is 0.397 e. The summed E-state index contributed by atoms with van der Waals surface area (Å²) in [7, 11) is -3.01. The van der Waals surface area contributed by atoms with Crippen LogP contribution in [0.5, 0.6) is 0 Å². The monoisotopic (exact) mass is 909 g/mol. The van der Waals surface area contributed by atoms with Gasteiger partial charge in [0.05, 0.1) is 64.6 Å². The van der Waals surface area contributed by atoms with Gasteiger partial charge in [-0.05, 0) is 35.5 Å². The van der Waals surface area contributed by atoms with Crippen molar-refractivity contribution in [2.45, 2.75) is 68.5 Å². The number of nitrogens with zero attached hydrogens (tertiary/aromatic N) is 7. The van der Waals surface area contributed by atoms with Crippen LogP contribution < -0.4 is 11.5 Å². The molecule has 0 amide bonds. The Morgan fingerprint density at radius 2 is 1.39 bits per heavy atom. The third-order valence-electron chi connectivity index (χ3n) is 10.0. The van der Waals surface area contributed by atoms with Crippen LogP contribution in [0.2, 0.25) is 0 Å². The minimum atomic E-state index is -4.42. The fourth-order valence-corrected chi connectivity index (χ4v) is 11.5. The predicted octanol–water partition coefficient (Wildman–Crippen LogP) is 4.08. The van der Waals surface area contributed by atoms with E-state index in [1.165, 1.54) is 34.3 Å². The van der Waals surface area contributed by atoms with E-state index in [1.807, 2.05) is 31.2 Å². The van der Waals surface area contributed by atoms with Crippen LogP contribution >= 0.6 is 25.7 Å². The van der Waals surface area contributed by atoms with Crippen molar-refractivity contribution in [1.29, 1.82) is 0 Å². The molecule has 61 heavy (non-hydrogen) atoms. The number of anilines is 2. The molecule has 8 rings (SSSR count). The fraction of sp³-hybridized carbons (Fsp3) is 0.514. The van der Waals surface area contributed by atoms with Gasteiger partial charge in [-0.1, -0.05) is 24.3 Å². The van der Waals surface area contributed by atoms with Crippen LogP contribution in [0.15, 0.2) is 55.5 Å². The van der Waals surface area contributed by atoms with Crippen LogP contribution in [-0.4, -0.2) is 125 Å². The summed E-state index contributed by atoms with van der Waals surface area (Å²) in [5.41, 5.74) is 14.9. The second-order valence-electron chi connectivity index (χ2n) is 14.2. The van der Waals surface area contributed by atoms with Crippen molar-refractivity contribution in [3.63, 3.8) is 0 Å². The molecule has 5 aromatic rings. The van der Waals surface area contributed by atoms with Gasteiger partial charge in [0.1, 0.15) is 41.8 Å². The number of pyridine rings is 1. The zero-order valence-corrected chi connectivity index (χ0v) is 35.6. The molecule has 7 heterocycles. The van der Waals surface area contributed by atoms with Crippen LogP contribution in [0, 0.1) is 0 Å². The van der Waals surface area contributed by atoms with E-state index in [9.17, 15) is 9.13 Å². The number of halogens is 2. The lowest BCUT2D eigenvalue weighted by atomic mass is 10.1. The Labute approximate surface area is 352 Å². The minimum absolute atomic E-state index is 0.0606. The van der Waals surface area contributed by atoms with Crippen molar-refractivity contribution in [2.24, 2.45) is 0 Å². The first-order valence-corrected chi connectivity index (χ1v) is 24.4. The predicted molar refractivity (Wildman–Crippen MR) is 219 cm³/mol. The number of aromatic nitrogens is 7. The van der Waals surface area contributed by atoms with Gasteiger partial charge >= 0.3 is 6.80 Å². The summed E-state index contributed by atoms with van der Waals surface area (Å²) in [5.74, 6) is 0.147. The quantitative estimate of drug-likeness (QED) is 0.0906. The molecule has 3 aliphatic rings. The van der Waals surface area contributed by atoms with E-state index < -0.39 is 76.7 Å². The van der Waals surface area contributed by atoms with E-state index in [4.69, 9.17) is 53.2 Å². The van der Waals surface area contributed by atoms with E-state index >= 15 is 8.78 Å². The van der Waals surface area contributed by atoms with Gasteiger partial charge in [0.25, 0.3) is 15.0 Å². The SMILES string of the molecule is B[P@]1(=O)OC[C@H]2O[C@@H](n3cnc4c(N)ccnc43)[C@H](F)[C@@H]2O[P@](=O)(SCc2ccc(COCCOCCOCC)cc2)OC[C@H]2O[C@@H](n3cnc4c(N)ncnc43)[C@H](F)[C@@H]2O1. The number of benzene rings is 1. The number of nitrogen functional groups attached to an aromatic ring is 2. The first-order chi connectivity index (χ1) is 29.4. The highest BCUT2D eigenvalue weighted by atomic mass is 32.7. The number of ether oxygens (including phenoxy) is 5. The van der Waals surface area contributed by atoms with Crippen molar-refractivity contribution in [2.75, 3.05) is 57.7 Å². The van der Waals surface area contributed by atoms with Crippen LogP contribution in [0.4, 0.5) is 20.3 Å². The van der Waals surface area contributed by atoms with Gasteiger partial charge in [0, 0.05) is 18.6 Å². The Kier molecular flexibility index (Phi) is 13.7. The van der Waals surface area contributed by atoms with Crippen LogP contribution in [0.1, 0.15) is 30.5 Å². The highest BCUT2D eigenvalue weighted by Gasteiger charge is 2.54. The van der Waals surface area contributed by atoms with Gasteiger partial charge < -0.3 is 44.2 Å². The number of hydrogen-bond acceptors (Lipinski definition) is 19. The van der Waals surface area contributed by atoms with E-state index in [2.05, 4.69) is 24.9 Å². The number of rotatable bonds is 14. The number of imidazole rings is 2. The Morgan fingerprint density at radius 1 is 0.787 bits per heavy atom. The van der Waals surface area contributed by atoms with Crippen molar-refractivity contribution in [3.8, 4) is 0 Å². The Morgan fingerprint density at radius 3 is 2.10 bits per heavy atom. The van der Waals surface area contributed by atoms with Crippen LogP contribution in [0.25, 0.3) is 22.3 Å². The average Bonchev–Trinajstić information content (AvgIpc) is 4.02. The molecule has 0 aliphatic carbocycles. The van der Waals surface area contributed by atoms with Gasteiger partial charge in [0.15, 0.2) is 41.9 Å². The van der Waals surface area contributed by atoms with E-state index in [0.717, 1.165) is 30.1 Å². The third-order valence-corrected chi connectivity index (χ3v) is 14.9. The molecule has 1 aromatic carbocycles. The number of fused-ring (bicyclic) bond motifs is 4. The number of hydrogen-bond donors (Lipinski definition) is 2. The molecule has 0 spiro atoms. The number of alkyl halides is 2. The molecule has 4 N–H and O–H groups in total. The second-order valence-corrected chi connectivity index (χ2v) is 20.3. The van der Waals surface area contributed by atoms with E-state index in [1.54, 1.807) is 6.07 Å². The first-order valence-electron chi connectivity index (χ1n) is 19.3. The maximum absolute atomic E-state index is 16.8. The fourth-order valence-electron chi connectivity index (χ4n) is 6.98.